The van der Waals surface area contributed by atoms with Crippen molar-refractivity contribution >= 4 is 33.3 Å². The summed E-state index contributed by atoms with van der Waals surface area (Å²) in [6.07, 6.45) is 4.39. The van der Waals surface area contributed by atoms with E-state index in [-0.39, 0.29) is 23.7 Å². The van der Waals surface area contributed by atoms with Crippen LogP contribution in [-0.2, 0) is 4.79 Å². The van der Waals surface area contributed by atoms with Gasteiger partial charge in [-0.25, -0.2) is 9.37 Å². The fourth-order valence-corrected chi connectivity index (χ4v) is 3.29. The molecule has 0 aliphatic heterocycles. The molecule has 0 spiro atoms. The number of aromatic nitrogens is 2. The smallest absolute Gasteiger partial charge is 0.229 e. The molecule has 1 amide bonds. The van der Waals surface area contributed by atoms with Crippen molar-refractivity contribution in [3.63, 3.8) is 0 Å². The summed E-state index contributed by atoms with van der Waals surface area (Å²) in [5.74, 6) is -0.0871. The van der Waals surface area contributed by atoms with Crippen molar-refractivity contribution in [2.45, 2.75) is 18.9 Å². The molecular formula is C17H14FN3O2S. The molecule has 2 aromatic heterocycles. The van der Waals surface area contributed by atoms with Gasteiger partial charge in [0.1, 0.15) is 23.2 Å². The number of anilines is 1. The Morgan fingerprint density at radius 1 is 1.29 bits per heavy atom. The fourth-order valence-electron chi connectivity index (χ4n) is 2.76. The summed E-state index contributed by atoms with van der Waals surface area (Å²) >= 11 is 1.39. The lowest BCUT2D eigenvalue weighted by molar-refractivity contribution is -0.125. The molecule has 0 unspecified atom stereocenters. The largest absolute Gasteiger partial charge is 0.488 e. The van der Waals surface area contributed by atoms with Gasteiger partial charge in [-0.15, -0.1) is 11.3 Å². The molecule has 1 fully saturated rings. The number of nitrogens with zero attached hydrogens (tertiary/aromatic N) is 2. The maximum Gasteiger partial charge on any atom is 0.229 e. The number of halogens is 1. The molecule has 0 radical (unpaired) electrons. The molecule has 7 heteroatoms. The highest BCUT2D eigenvalue weighted by atomic mass is 32.1. The van der Waals surface area contributed by atoms with E-state index < -0.39 is 0 Å². The predicted octanol–water partition coefficient (Wildman–Crippen LogP) is 3.63. The van der Waals surface area contributed by atoms with Crippen molar-refractivity contribution < 1.29 is 13.9 Å². The molecule has 5 nitrogen and oxygen atoms in total. The van der Waals surface area contributed by atoms with E-state index in [1.54, 1.807) is 24.5 Å². The van der Waals surface area contributed by atoms with E-state index in [4.69, 9.17) is 4.74 Å². The molecule has 4 rings (SSSR count). The van der Waals surface area contributed by atoms with Crippen LogP contribution in [0.4, 0.5) is 9.52 Å². The number of nitrogens with one attached hydrogen (secondary N) is 1. The fraction of sp³-hybridized carbons (Fsp3) is 0.235. The molecule has 0 atom stereocenters. The number of fused-ring (bicyclic) bond motifs is 1. The third kappa shape index (κ3) is 2.94. The Hall–Kier alpha value is -2.54. The van der Waals surface area contributed by atoms with Crippen LogP contribution in [0.5, 0.6) is 5.75 Å². The minimum Gasteiger partial charge on any atom is -0.488 e. The van der Waals surface area contributed by atoms with Gasteiger partial charge in [0, 0.05) is 35.1 Å². The van der Waals surface area contributed by atoms with Gasteiger partial charge in [0.25, 0.3) is 0 Å². The topological polar surface area (TPSA) is 64.1 Å². The summed E-state index contributed by atoms with van der Waals surface area (Å²) in [7, 11) is 0. The first kappa shape index (κ1) is 15.0. The molecule has 3 aromatic rings. The zero-order chi connectivity index (χ0) is 16.5. The van der Waals surface area contributed by atoms with Crippen molar-refractivity contribution in [1.82, 2.24) is 9.97 Å². The highest BCUT2D eigenvalue weighted by Crippen LogP contribution is 2.35. The third-order valence-electron chi connectivity index (χ3n) is 4.06. The number of carbonyl (C=O) groups excluding carboxylic acids is 1. The minimum atomic E-state index is -0.358. The van der Waals surface area contributed by atoms with Gasteiger partial charge in [-0.05, 0) is 25.0 Å². The second kappa shape index (κ2) is 6.16. The third-order valence-corrected chi connectivity index (χ3v) is 4.74. The number of hydrogen-bond donors (Lipinski definition) is 1. The highest BCUT2D eigenvalue weighted by molar-refractivity contribution is 7.13. The first-order valence-corrected chi connectivity index (χ1v) is 8.48. The van der Waals surface area contributed by atoms with Gasteiger partial charge >= 0.3 is 0 Å². The van der Waals surface area contributed by atoms with Crippen LogP contribution in [0.25, 0.3) is 10.9 Å². The molecule has 122 valence electrons. The molecule has 1 aliphatic rings. The Morgan fingerprint density at radius 3 is 2.96 bits per heavy atom. The van der Waals surface area contributed by atoms with Crippen molar-refractivity contribution in [3.05, 3.63) is 47.9 Å². The molecule has 1 aromatic carbocycles. The molecule has 1 aliphatic carbocycles. The molecule has 1 N–H and O–H groups in total. The maximum atomic E-state index is 13.7. The van der Waals surface area contributed by atoms with Crippen LogP contribution in [0.2, 0.25) is 0 Å². The van der Waals surface area contributed by atoms with Crippen LogP contribution in [-0.4, -0.2) is 22.0 Å². The standard InChI is InChI=1S/C17H14FN3O2S/c18-12-6-10-2-1-3-19-15(10)14(9-12)23-13-7-11(8-13)16(22)21-17-20-4-5-24-17/h1-6,9,11,13H,7-8H2,(H,20,21,22). The summed E-state index contributed by atoms with van der Waals surface area (Å²) in [6.45, 7) is 0. The molecular weight excluding hydrogens is 329 g/mol. The van der Waals surface area contributed by atoms with Crippen LogP contribution < -0.4 is 10.1 Å². The predicted molar refractivity (Wildman–Crippen MR) is 89.6 cm³/mol. The number of pyridine rings is 1. The second-order valence-electron chi connectivity index (χ2n) is 5.71. The van der Waals surface area contributed by atoms with E-state index in [0.717, 1.165) is 0 Å². The highest BCUT2D eigenvalue weighted by Gasteiger charge is 2.36. The number of carbonyl (C=O) groups is 1. The molecule has 0 bridgehead atoms. The van der Waals surface area contributed by atoms with Crippen LogP contribution in [0, 0.1) is 11.7 Å². The van der Waals surface area contributed by atoms with Gasteiger partial charge in [0.05, 0.1) is 0 Å². The normalized spacial score (nSPS) is 19.7. The van der Waals surface area contributed by atoms with Crippen molar-refractivity contribution in [3.8, 4) is 5.75 Å². The average Bonchev–Trinajstić information content (AvgIpc) is 3.02. The van der Waals surface area contributed by atoms with E-state index in [0.29, 0.717) is 34.6 Å². The zero-order valence-corrected chi connectivity index (χ0v) is 13.4. The Labute approximate surface area is 141 Å². The Morgan fingerprint density at radius 2 is 2.17 bits per heavy atom. The monoisotopic (exact) mass is 343 g/mol. The quantitative estimate of drug-likeness (QED) is 0.786. The molecule has 1 saturated carbocycles. The zero-order valence-electron chi connectivity index (χ0n) is 12.6. The number of hydrogen-bond acceptors (Lipinski definition) is 5. The van der Waals surface area contributed by atoms with E-state index in [2.05, 4.69) is 15.3 Å². The lowest BCUT2D eigenvalue weighted by Gasteiger charge is -2.34. The molecule has 0 saturated heterocycles. The van der Waals surface area contributed by atoms with Crippen LogP contribution in [0.3, 0.4) is 0 Å². The van der Waals surface area contributed by atoms with E-state index >= 15 is 0 Å². The van der Waals surface area contributed by atoms with Gasteiger partial charge in [-0.3, -0.25) is 9.78 Å². The van der Waals surface area contributed by atoms with Crippen molar-refractivity contribution in [2.24, 2.45) is 5.92 Å². The Kier molecular flexibility index (Phi) is 3.86. The summed E-state index contributed by atoms with van der Waals surface area (Å²) in [4.78, 5) is 20.4. The van der Waals surface area contributed by atoms with Crippen molar-refractivity contribution in [2.75, 3.05) is 5.32 Å². The molecule has 24 heavy (non-hydrogen) atoms. The number of amides is 1. The lowest BCUT2D eigenvalue weighted by atomic mass is 9.81. The van der Waals surface area contributed by atoms with E-state index in [1.165, 1.54) is 23.5 Å². The number of thiazole rings is 1. The van der Waals surface area contributed by atoms with Gasteiger partial charge < -0.3 is 10.1 Å². The number of benzene rings is 1. The summed E-state index contributed by atoms with van der Waals surface area (Å²) in [6, 6.07) is 6.33. The van der Waals surface area contributed by atoms with Gasteiger partial charge in [0.2, 0.25) is 5.91 Å². The Bertz CT molecular complexity index is 879. The van der Waals surface area contributed by atoms with Gasteiger partial charge in [0.15, 0.2) is 5.13 Å². The van der Waals surface area contributed by atoms with Crippen LogP contribution in [0.15, 0.2) is 42.0 Å². The summed E-state index contributed by atoms with van der Waals surface area (Å²) in [5.41, 5.74) is 0.634. The van der Waals surface area contributed by atoms with Crippen molar-refractivity contribution in [1.29, 1.82) is 0 Å². The van der Waals surface area contributed by atoms with E-state index in [9.17, 15) is 9.18 Å². The lowest BCUT2D eigenvalue weighted by Crippen LogP contribution is -2.40. The van der Waals surface area contributed by atoms with E-state index in [1.807, 2.05) is 5.38 Å². The minimum absolute atomic E-state index is 0.0491. The summed E-state index contributed by atoms with van der Waals surface area (Å²) in [5, 5.41) is 5.90. The first-order valence-electron chi connectivity index (χ1n) is 7.60. The van der Waals surface area contributed by atoms with Crippen LogP contribution in [0.1, 0.15) is 12.8 Å². The Balaban J connectivity index is 1.41. The van der Waals surface area contributed by atoms with Crippen LogP contribution >= 0.6 is 11.3 Å². The van der Waals surface area contributed by atoms with Gasteiger partial charge in [-0.1, -0.05) is 6.07 Å². The summed E-state index contributed by atoms with van der Waals surface area (Å²) < 4.78 is 19.6. The average molecular weight is 343 g/mol. The maximum absolute atomic E-state index is 13.7. The van der Waals surface area contributed by atoms with Gasteiger partial charge in [-0.2, -0.15) is 0 Å². The SMILES string of the molecule is O=C(Nc1nccs1)C1CC(Oc2cc(F)cc3cccnc23)C1. The number of ether oxygens (including phenoxy) is 1. The molecule has 2 heterocycles. The first-order chi connectivity index (χ1) is 11.7. The number of rotatable bonds is 4. The second-order valence-corrected chi connectivity index (χ2v) is 6.61.